The van der Waals surface area contributed by atoms with Gasteiger partial charge in [0.2, 0.25) is 5.91 Å². The van der Waals surface area contributed by atoms with Crippen LogP contribution < -0.4 is 11.1 Å². The highest BCUT2D eigenvalue weighted by Gasteiger charge is 2.06. The average Bonchev–Trinajstić information content (AvgIpc) is 2.84. The number of imidazole rings is 1. The topological polar surface area (TPSA) is 83.8 Å². The summed E-state index contributed by atoms with van der Waals surface area (Å²) < 4.78 is 0. The summed E-state index contributed by atoms with van der Waals surface area (Å²) >= 11 is 1.35. The van der Waals surface area contributed by atoms with Crippen LogP contribution in [0.5, 0.6) is 0 Å². The molecule has 0 aliphatic heterocycles. The SMILES string of the molecule is Cc1ccc(N)cc1NC(=O)CSc1ncc[nH]1. The first kappa shape index (κ1) is 12.5. The third-order valence-corrected chi connectivity index (χ3v) is 3.25. The number of thioether (sulfide) groups is 1. The Labute approximate surface area is 109 Å². The number of benzene rings is 1. The first-order valence-corrected chi connectivity index (χ1v) is 6.42. The maximum atomic E-state index is 11.8. The fourth-order valence-electron chi connectivity index (χ4n) is 1.42. The zero-order valence-electron chi connectivity index (χ0n) is 9.93. The minimum Gasteiger partial charge on any atom is -0.399 e. The molecule has 1 aromatic carbocycles. The molecule has 0 aliphatic rings. The van der Waals surface area contributed by atoms with E-state index in [4.69, 9.17) is 5.73 Å². The lowest BCUT2D eigenvalue weighted by Gasteiger charge is -2.08. The lowest BCUT2D eigenvalue weighted by Crippen LogP contribution is -2.15. The van der Waals surface area contributed by atoms with Crippen LogP contribution in [0, 0.1) is 6.92 Å². The number of H-pyrrole nitrogens is 1. The molecule has 0 spiro atoms. The molecule has 0 saturated heterocycles. The van der Waals surface area contributed by atoms with E-state index >= 15 is 0 Å². The van der Waals surface area contributed by atoms with Crippen molar-refractivity contribution in [1.82, 2.24) is 9.97 Å². The van der Waals surface area contributed by atoms with E-state index in [1.54, 1.807) is 18.5 Å². The summed E-state index contributed by atoms with van der Waals surface area (Å²) in [6, 6.07) is 5.44. The van der Waals surface area contributed by atoms with Crippen molar-refractivity contribution in [2.24, 2.45) is 0 Å². The highest BCUT2D eigenvalue weighted by Crippen LogP contribution is 2.19. The third-order valence-electron chi connectivity index (χ3n) is 2.35. The number of amides is 1. The van der Waals surface area contributed by atoms with Gasteiger partial charge >= 0.3 is 0 Å². The van der Waals surface area contributed by atoms with E-state index in [1.807, 2.05) is 19.1 Å². The minimum atomic E-state index is -0.0786. The third kappa shape index (κ3) is 3.27. The number of anilines is 2. The molecule has 0 aliphatic carbocycles. The minimum absolute atomic E-state index is 0.0786. The Kier molecular flexibility index (Phi) is 3.88. The summed E-state index contributed by atoms with van der Waals surface area (Å²) in [7, 11) is 0. The summed E-state index contributed by atoms with van der Waals surface area (Å²) in [5.74, 6) is 0.229. The molecular weight excluding hydrogens is 248 g/mol. The molecule has 0 saturated carbocycles. The lowest BCUT2D eigenvalue weighted by molar-refractivity contribution is -0.113. The van der Waals surface area contributed by atoms with Crippen LogP contribution in [0.3, 0.4) is 0 Å². The van der Waals surface area contributed by atoms with Crippen molar-refractivity contribution in [3.05, 3.63) is 36.2 Å². The molecule has 4 N–H and O–H groups in total. The molecular formula is C12H14N4OS. The molecule has 0 bridgehead atoms. The number of aryl methyl sites for hydroxylation is 1. The molecule has 94 valence electrons. The maximum Gasteiger partial charge on any atom is 0.234 e. The molecule has 1 amide bonds. The van der Waals surface area contributed by atoms with Gasteiger partial charge in [-0.15, -0.1) is 0 Å². The second-order valence-corrected chi connectivity index (χ2v) is 4.77. The van der Waals surface area contributed by atoms with E-state index in [9.17, 15) is 4.79 Å². The summed E-state index contributed by atoms with van der Waals surface area (Å²) in [6.45, 7) is 1.93. The molecule has 0 radical (unpaired) electrons. The second kappa shape index (κ2) is 5.59. The van der Waals surface area contributed by atoms with E-state index in [0.717, 1.165) is 16.4 Å². The number of nitrogens with zero attached hydrogens (tertiary/aromatic N) is 1. The average molecular weight is 262 g/mol. The van der Waals surface area contributed by atoms with E-state index < -0.39 is 0 Å². The van der Waals surface area contributed by atoms with Crippen molar-refractivity contribution in [2.45, 2.75) is 12.1 Å². The molecule has 0 atom stereocenters. The number of hydrogen-bond acceptors (Lipinski definition) is 4. The van der Waals surface area contributed by atoms with E-state index in [-0.39, 0.29) is 5.91 Å². The van der Waals surface area contributed by atoms with Crippen molar-refractivity contribution in [3.8, 4) is 0 Å². The number of nitrogens with two attached hydrogens (primary N) is 1. The van der Waals surface area contributed by atoms with Crippen molar-refractivity contribution >= 4 is 29.0 Å². The van der Waals surface area contributed by atoms with Gasteiger partial charge in [0.15, 0.2) is 5.16 Å². The Morgan fingerprint density at radius 3 is 3.11 bits per heavy atom. The Hall–Kier alpha value is -1.95. The molecule has 0 unspecified atom stereocenters. The monoisotopic (exact) mass is 262 g/mol. The van der Waals surface area contributed by atoms with Gasteiger partial charge in [0, 0.05) is 23.8 Å². The predicted octanol–water partition coefficient (Wildman–Crippen LogP) is 2.03. The molecule has 18 heavy (non-hydrogen) atoms. The lowest BCUT2D eigenvalue weighted by atomic mass is 10.2. The molecule has 1 aromatic heterocycles. The van der Waals surface area contributed by atoms with Crippen LogP contribution in [-0.4, -0.2) is 21.6 Å². The first-order valence-electron chi connectivity index (χ1n) is 5.43. The van der Waals surface area contributed by atoms with Gasteiger partial charge in [0.1, 0.15) is 0 Å². The largest absolute Gasteiger partial charge is 0.399 e. The first-order chi connectivity index (χ1) is 8.65. The number of carbonyl (C=O) groups excluding carboxylic acids is 1. The Morgan fingerprint density at radius 1 is 1.56 bits per heavy atom. The van der Waals surface area contributed by atoms with Gasteiger partial charge in [-0.2, -0.15) is 0 Å². The van der Waals surface area contributed by atoms with Gasteiger partial charge in [-0.3, -0.25) is 4.79 Å². The van der Waals surface area contributed by atoms with Crippen LogP contribution in [0.4, 0.5) is 11.4 Å². The van der Waals surface area contributed by atoms with Gasteiger partial charge in [0.25, 0.3) is 0 Å². The van der Waals surface area contributed by atoms with E-state index in [1.165, 1.54) is 11.8 Å². The fraction of sp³-hybridized carbons (Fsp3) is 0.167. The van der Waals surface area contributed by atoms with Crippen LogP contribution in [0.15, 0.2) is 35.7 Å². The van der Waals surface area contributed by atoms with Gasteiger partial charge in [-0.25, -0.2) is 4.98 Å². The smallest absolute Gasteiger partial charge is 0.234 e. The van der Waals surface area contributed by atoms with Gasteiger partial charge in [-0.1, -0.05) is 17.8 Å². The van der Waals surface area contributed by atoms with Crippen LogP contribution in [0.25, 0.3) is 0 Å². The van der Waals surface area contributed by atoms with Crippen LogP contribution >= 0.6 is 11.8 Å². The van der Waals surface area contributed by atoms with Crippen LogP contribution in [0.2, 0.25) is 0 Å². The second-order valence-electron chi connectivity index (χ2n) is 3.81. The Bertz CT molecular complexity index is 539. The van der Waals surface area contributed by atoms with Crippen molar-refractivity contribution in [1.29, 1.82) is 0 Å². The molecule has 1 heterocycles. The highest BCUT2D eigenvalue weighted by molar-refractivity contribution is 7.99. The standard InChI is InChI=1S/C12H14N4OS/c1-8-2-3-9(13)6-10(8)16-11(17)7-18-12-14-4-5-15-12/h2-6H,7,13H2,1H3,(H,14,15)(H,16,17). The summed E-state index contributed by atoms with van der Waals surface area (Å²) in [5.41, 5.74) is 8.05. The maximum absolute atomic E-state index is 11.8. The summed E-state index contributed by atoms with van der Waals surface area (Å²) in [6.07, 6.45) is 3.38. The number of hydrogen-bond donors (Lipinski definition) is 3. The predicted molar refractivity (Wildman–Crippen MR) is 73.5 cm³/mol. The van der Waals surface area contributed by atoms with Crippen LogP contribution in [0.1, 0.15) is 5.56 Å². The van der Waals surface area contributed by atoms with Crippen LogP contribution in [-0.2, 0) is 4.79 Å². The zero-order chi connectivity index (χ0) is 13.0. The number of aromatic nitrogens is 2. The number of aromatic amines is 1. The quantitative estimate of drug-likeness (QED) is 0.581. The summed E-state index contributed by atoms with van der Waals surface area (Å²) in [5, 5.41) is 3.56. The number of carbonyl (C=O) groups is 1. The van der Waals surface area contributed by atoms with Gasteiger partial charge < -0.3 is 16.0 Å². The Morgan fingerprint density at radius 2 is 2.39 bits per heavy atom. The number of nitrogen functional groups attached to an aromatic ring is 1. The summed E-state index contributed by atoms with van der Waals surface area (Å²) in [4.78, 5) is 18.7. The normalized spacial score (nSPS) is 10.3. The molecule has 6 heteroatoms. The highest BCUT2D eigenvalue weighted by atomic mass is 32.2. The Balaban J connectivity index is 1.92. The van der Waals surface area contributed by atoms with E-state index in [2.05, 4.69) is 15.3 Å². The molecule has 2 aromatic rings. The molecule has 0 fully saturated rings. The van der Waals surface area contributed by atoms with Gasteiger partial charge in [-0.05, 0) is 24.6 Å². The molecule has 2 rings (SSSR count). The zero-order valence-corrected chi connectivity index (χ0v) is 10.8. The van der Waals surface area contributed by atoms with Crippen molar-refractivity contribution < 1.29 is 4.79 Å². The fourth-order valence-corrected chi connectivity index (χ4v) is 2.05. The molecule has 5 nitrogen and oxygen atoms in total. The van der Waals surface area contributed by atoms with Crippen molar-refractivity contribution in [3.63, 3.8) is 0 Å². The number of rotatable bonds is 4. The number of nitrogens with one attached hydrogen (secondary N) is 2. The van der Waals surface area contributed by atoms with Crippen molar-refractivity contribution in [2.75, 3.05) is 16.8 Å². The van der Waals surface area contributed by atoms with E-state index in [0.29, 0.717) is 11.4 Å². The van der Waals surface area contributed by atoms with Gasteiger partial charge in [0.05, 0.1) is 5.75 Å².